The zero-order valence-corrected chi connectivity index (χ0v) is 13.9. The minimum Gasteiger partial charge on any atom is -0.460 e. The zero-order chi connectivity index (χ0) is 17.3. The van der Waals surface area contributed by atoms with Crippen LogP contribution < -0.4 is 0 Å². The van der Waals surface area contributed by atoms with Crippen molar-refractivity contribution in [1.29, 1.82) is 0 Å². The van der Waals surface area contributed by atoms with Crippen LogP contribution in [0.25, 0.3) is 0 Å². The van der Waals surface area contributed by atoms with E-state index in [1.807, 2.05) is 6.07 Å². The van der Waals surface area contributed by atoms with Gasteiger partial charge in [0.2, 0.25) is 0 Å². The highest BCUT2D eigenvalue weighted by Gasteiger charge is 2.04. The van der Waals surface area contributed by atoms with Gasteiger partial charge in [-0.3, -0.25) is 0 Å². The number of ether oxygens (including phenoxy) is 5. The SMILES string of the molecule is O=C(OCCOCCOCCOCCOCCO)c1ccccc1. The van der Waals surface area contributed by atoms with Gasteiger partial charge in [0.25, 0.3) is 0 Å². The van der Waals surface area contributed by atoms with Crippen LogP contribution in [0.3, 0.4) is 0 Å². The molecular weight excluding hydrogens is 316 g/mol. The second kappa shape index (κ2) is 15.0. The van der Waals surface area contributed by atoms with Crippen molar-refractivity contribution >= 4 is 5.97 Å². The molecule has 0 amide bonds. The summed E-state index contributed by atoms with van der Waals surface area (Å²) in [4.78, 5) is 11.6. The fourth-order valence-corrected chi connectivity index (χ4v) is 1.68. The summed E-state index contributed by atoms with van der Waals surface area (Å²) in [5.41, 5.74) is 0.530. The number of hydrogen-bond donors (Lipinski definition) is 1. The highest BCUT2D eigenvalue weighted by molar-refractivity contribution is 5.89. The minimum atomic E-state index is -0.351. The first-order chi connectivity index (χ1) is 11.8. The van der Waals surface area contributed by atoms with Crippen molar-refractivity contribution in [2.24, 2.45) is 0 Å². The number of esters is 1. The first-order valence-corrected chi connectivity index (χ1v) is 7.98. The van der Waals surface area contributed by atoms with E-state index in [-0.39, 0.29) is 19.2 Å². The lowest BCUT2D eigenvalue weighted by atomic mass is 10.2. The van der Waals surface area contributed by atoms with E-state index in [1.165, 1.54) is 0 Å². The highest BCUT2D eigenvalue weighted by atomic mass is 16.6. The molecule has 0 aliphatic heterocycles. The van der Waals surface area contributed by atoms with Gasteiger partial charge in [-0.25, -0.2) is 4.79 Å². The van der Waals surface area contributed by atoms with Crippen molar-refractivity contribution < 1.29 is 33.6 Å². The second-order valence-electron chi connectivity index (χ2n) is 4.68. The van der Waals surface area contributed by atoms with Crippen LogP contribution in [0.15, 0.2) is 30.3 Å². The van der Waals surface area contributed by atoms with Crippen LogP contribution in [0.2, 0.25) is 0 Å². The predicted octanol–water partition coefficient (Wildman–Crippen LogP) is 0.902. The van der Waals surface area contributed by atoms with Gasteiger partial charge in [-0.2, -0.15) is 0 Å². The number of aliphatic hydroxyl groups excluding tert-OH is 1. The Kier molecular flexibility index (Phi) is 12.9. The maximum absolute atomic E-state index is 11.6. The fourth-order valence-electron chi connectivity index (χ4n) is 1.68. The van der Waals surface area contributed by atoms with Crippen LogP contribution in [-0.4, -0.2) is 77.1 Å². The number of carbonyl (C=O) groups excluding carboxylic acids is 1. The van der Waals surface area contributed by atoms with Gasteiger partial charge < -0.3 is 28.8 Å². The number of rotatable bonds is 15. The molecule has 24 heavy (non-hydrogen) atoms. The quantitative estimate of drug-likeness (QED) is 0.374. The molecule has 0 saturated carbocycles. The molecule has 0 heterocycles. The van der Waals surface area contributed by atoms with Gasteiger partial charge in [0.1, 0.15) is 6.61 Å². The Morgan fingerprint density at radius 1 is 0.708 bits per heavy atom. The molecule has 1 N–H and O–H groups in total. The molecule has 0 spiro atoms. The van der Waals surface area contributed by atoms with Crippen molar-refractivity contribution in [2.75, 3.05) is 66.1 Å². The van der Waals surface area contributed by atoms with Gasteiger partial charge in [-0.1, -0.05) is 18.2 Å². The summed E-state index contributed by atoms with van der Waals surface area (Å²) >= 11 is 0. The van der Waals surface area contributed by atoms with Gasteiger partial charge in [-0.05, 0) is 12.1 Å². The third kappa shape index (κ3) is 11.1. The molecule has 0 fully saturated rings. The molecule has 136 valence electrons. The largest absolute Gasteiger partial charge is 0.460 e. The minimum absolute atomic E-state index is 0.0224. The van der Waals surface area contributed by atoms with E-state index >= 15 is 0 Å². The van der Waals surface area contributed by atoms with Gasteiger partial charge in [0.15, 0.2) is 0 Å². The molecule has 1 rings (SSSR count). The summed E-state index contributed by atoms with van der Waals surface area (Å²) in [5, 5.41) is 8.50. The van der Waals surface area contributed by atoms with Crippen LogP contribution in [0.4, 0.5) is 0 Å². The first kappa shape index (κ1) is 20.5. The molecule has 1 aromatic rings. The number of hydrogen-bond acceptors (Lipinski definition) is 7. The van der Waals surface area contributed by atoms with Crippen molar-refractivity contribution in [3.05, 3.63) is 35.9 Å². The average molecular weight is 342 g/mol. The van der Waals surface area contributed by atoms with Gasteiger partial charge in [0.05, 0.1) is 65.0 Å². The smallest absolute Gasteiger partial charge is 0.338 e. The Morgan fingerprint density at radius 2 is 1.17 bits per heavy atom. The van der Waals surface area contributed by atoms with E-state index in [0.29, 0.717) is 58.4 Å². The average Bonchev–Trinajstić information content (AvgIpc) is 2.62. The lowest BCUT2D eigenvalue weighted by molar-refractivity contribution is -0.0114. The third-order valence-corrected chi connectivity index (χ3v) is 2.82. The van der Waals surface area contributed by atoms with Crippen molar-refractivity contribution in [3.8, 4) is 0 Å². The lowest BCUT2D eigenvalue weighted by Gasteiger charge is -2.08. The Bertz CT molecular complexity index is 411. The summed E-state index contributed by atoms with van der Waals surface area (Å²) in [6.07, 6.45) is 0. The lowest BCUT2D eigenvalue weighted by Crippen LogP contribution is -2.14. The van der Waals surface area contributed by atoms with E-state index in [4.69, 9.17) is 28.8 Å². The van der Waals surface area contributed by atoms with E-state index in [2.05, 4.69) is 0 Å². The number of carbonyl (C=O) groups is 1. The highest BCUT2D eigenvalue weighted by Crippen LogP contribution is 2.00. The molecule has 0 saturated heterocycles. The molecule has 0 radical (unpaired) electrons. The van der Waals surface area contributed by atoms with Crippen molar-refractivity contribution in [2.45, 2.75) is 0 Å². The van der Waals surface area contributed by atoms with Crippen molar-refractivity contribution in [1.82, 2.24) is 0 Å². The zero-order valence-electron chi connectivity index (χ0n) is 13.9. The van der Waals surface area contributed by atoms with Crippen LogP contribution in [0.5, 0.6) is 0 Å². The molecule has 0 aliphatic rings. The topological polar surface area (TPSA) is 83.5 Å². The molecule has 0 aromatic heterocycles. The van der Waals surface area contributed by atoms with Gasteiger partial charge in [0, 0.05) is 0 Å². The number of aliphatic hydroxyl groups is 1. The molecule has 0 unspecified atom stereocenters. The standard InChI is InChI=1S/C17H26O7/c18-6-7-20-8-9-21-10-11-22-12-13-23-14-15-24-17(19)16-4-2-1-3-5-16/h1-5,18H,6-15H2. The Morgan fingerprint density at radius 3 is 1.67 bits per heavy atom. The van der Waals surface area contributed by atoms with E-state index in [9.17, 15) is 4.79 Å². The summed E-state index contributed by atoms with van der Waals surface area (Å²) in [6.45, 7) is 3.69. The van der Waals surface area contributed by atoms with Crippen LogP contribution >= 0.6 is 0 Å². The van der Waals surface area contributed by atoms with Crippen LogP contribution in [0, 0.1) is 0 Å². The molecular formula is C17H26O7. The van der Waals surface area contributed by atoms with E-state index in [1.54, 1.807) is 24.3 Å². The van der Waals surface area contributed by atoms with Crippen LogP contribution in [-0.2, 0) is 23.7 Å². The second-order valence-corrected chi connectivity index (χ2v) is 4.68. The third-order valence-electron chi connectivity index (χ3n) is 2.82. The Labute approximate surface area is 142 Å². The van der Waals surface area contributed by atoms with Gasteiger partial charge in [-0.15, -0.1) is 0 Å². The molecule has 1 aromatic carbocycles. The summed E-state index contributed by atoms with van der Waals surface area (Å²) in [6, 6.07) is 8.83. The maximum atomic E-state index is 11.6. The summed E-state index contributed by atoms with van der Waals surface area (Å²) in [7, 11) is 0. The van der Waals surface area contributed by atoms with Gasteiger partial charge >= 0.3 is 5.97 Å². The van der Waals surface area contributed by atoms with Crippen molar-refractivity contribution in [3.63, 3.8) is 0 Å². The molecule has 0 atom stereocenters. The molecule has 7 heteroatoms. The molecule has 0 aliphatic carbocycles. The Balaban J connectivity index is 1.80. The predicted molar refractivity (Wildman–Crippen MR) is 87.1 cm³/mol. The number of benzene rings is 1. The van der Waals surface area contributed by atoms with E-state index < -0.39 is 0 Å². The molecule has 7 nitrogen and oxygen atoms in total. The summed E-state index contributed by atoms with van der Waals surface area (Å²) < 4.78 is 26.0. The monoisotopic (exact) mass is 342 g/mol. The Hall–Kier alpha value is -1.51. The fraction of sp³-hybridized carbons (Fsp3) is 0.588. The molecule has 0 bridgehead atoms. The maximum Gasteiger partial charge on any atom is 0.338 e. The van der Waals surface area contributed by atoms with E-state index in [0.717, 1.165) is 0 Å². The normalized spacial score (nSPS) is 10.7. The first-order valence-electron chi connectivity index (χ1n) is 7.98. The van der Waals surface area contributed by atoms with Crippen LogP contribution in [0.1, 0.15) is 10.4 Å². The summed E-state index contributed by atoms with van der Waals surface area (Å²) in [5.74, 6) is -0.351.